The highest BCUT2D eigenvalue weighted by atomic mass is 16.5. The van der Waals surface area contributed by atoms with Crippen LogP contribution in [0.5, 0.6) is 11.5 Å². The van der Waals surface area contributed by atoms with Crippen LogP contribution in [0.1, 0.15) is 36.5 Å². The van der Waals surface area contributed by atoms with Crippen LogP contribution >= 0.6 is 0 Å². The van der Waals surface area contributed by atoms with E-state index in [0.717, 1.165) is 22.4 Å². The van der Waals surface area contributed by atoms with Crippen LogP contribution < -0.4 is 15.0 Å². The second kappa shape index (κ2) is 12.3. The Balaban J connectivity index is 1.50. The number of fused-ring (bicyclic) bond motifs is 1. The monoisotopic (exact) mass is 554 g/mol. The Morgan fingerprint density at radius 1 is 1.10 bits per heavy atom. The molecular weight excluding hydrogens is 520 g/mol. The van der Waals surface area contributed by atoms with Crippen molar-refractivity contribution < 1.29 is 19.0 Å². The average Bonchev–Trinajstić information content (AvgIpc) is 2.99. The molecule has 0 atom stereocenters. The summed E-state index contributed by atoms with van der Waals surface area (Å²) >= 11 is 0. The van der Waals surface area contributed by atoms with Gasteiger partial charge in [0.05, 0.1) is 37.4 Å². The lowest BCUT2D eigenvalue weighted by atomic mass is 9.96. The van der Waals surface area contributed by atoms with Crippen LogP contribution in [-0.2, 0) is 9.53 Å². The number of carbonyl (C=O) groups is 1. The van der Waals surface area contributed by atoms with Gasteiger partial charge in [0.25, 0.3) is 11.5 Å². The number of morpholine rings is 1. The van der Waals surface area contributed by atoms with Gasteiger partial charge in [-0.25, -0.2) is 4.98 Å². The van der Waals surface area contributed by atoms with E-state index in [9.17, 15) is 9.59 Å². The summed E-state index contributed by atoms with van der Waals surface area (Å²) in [6, 6.07) is 18.5. The highest BCUT2D eigenvalue weighted by Gasteiger charge is 2.19. The van der Waals surface area contributed by atoms with Crippen LogP contribution in [0.2, 0.25) is 0 Å². The van der Waals surface area contributed by atoms with Crippen molar-refractivity contribution in [3.8, 4) is 22.9 Å². The Morgan fingerprint density at radius 3 is 2.63 bits per heavy atom. The first-order chi connectivity index (χ1) is 19.9. The number of rotatable bonds is 8. The SMILES string of the molecule is COc1cc(C)c(-c2nc3ccccc3c(=O)n2N=Cc2cccc(OCC(=O)N3CCOCC3)c2)cc1C(C)C. The summed E-state index contributed by atoms with van der Waals surface area (Å²) in [6.07, 6.45) is 1.60. The van der Waals surface area contributed by atoms with Crippen LogP contribution in [-0.4, -0.2) is 66.7 Å². The fourth-order valence-electron chi connectivity index (χ4n) is 4.83. The molecular formula is C32H34N4O5. The van der Waals surface area contributed by atoms with Gasteiger partial charge in [0, 0.05) is 18.7 Å². The maximum atomic E-state index is 13.7. The number of benzene rings is 3. The molecule has 1 fully saturated rings. The molecule has 1 saturated heterocycles. The Bertz CT molecular complexity index is 1650. The van der Waals surface area contributed by atoms with Gasteiger partial charge in [-0.15, -0.1) is 0 Å². The van der Waals surface area contributed by atoms with E-state index in [-0.39, 0.29) is 24.0 Å². The van der Waals surface area contributed by atoms with Crippen LogP contribution in [0, 0.1) is 6.92 Å². The molecule has 212 valence electrons. The summed E-state index contributed by atoms with van der Waals surface area (Å²) in [4.78, 5) is 32.8. The predicted octanol–water partition coefficient (Wildman–Crippen LogP) is 4.62. The smallest absolute Gasteiger partial charge is 0.282 e. The third-order valence-corrected chi connectivity index (χ3v) is 7.10. The normalized spacial score (nSPS) is 13.7. The van der Waals surface area contributed by atoms with Crippen molar-refractivity contribution in [3.63, 3.8) is 0 Å². The van der Waals surface area contributed by atoms with Gasteiger partial charge in [0.2, 0.25) is 0 Å². The minimum atomic E-state index is -0.272. The molecule has 3 aromatic carbocycles. The number of methoxy groups -OCH3 is 1. The number of aryl methyl sites for hydroxylation is 1. The molecule has 9 nitrogen and oxygen atoms in total. The fourth-order valence-corrected chi connectivity index (χ4v) is 4.83. The lowest BCUT2D eigenvalue weighted by Gasteiger charge is -2.26. The molecule has 1 aromatic heterocycles. The molecule has 4 aromatic rings. The number of carbonyl (C=O) groups excluding carboxylic acids is 1. The maximum absolute atomic E-state index is 13.7. The van der Waals surface area contributed by atoms with Gasteiger partial charge < -0.3 is 19.1 Å². The molecule has 0 spiro atoms. The zero-order chi connectivity index (χ0) is 28.9. The first-order valence-electron chi connectivity index (χ1n) is 13.7. The molecule has 2 heterocycles. The maximum Gasteiger partial charge on any atom is 0.282 e. The minimum Gasteiger partial charge on any atom is -0.496 e. The number of para-hydroxylation sites is 1. The molecule has 1 aliphatic rings. The lowest BCUT2D eigenvalue weighted by molar-refractivity contribution is -0.137. The van der Waals surface area contributed by atoms with E-state index in [1.54, 1.807) is 36.4 Å². The molecule has 0 unspecified atom stereocenters. The highest BCUT2D eigenvalue weighted by molar-refractivity contribution is 5.83. The first kappa shape index (κ1) is 28.0. The summed E-state index contributed by atoms with van der Waals surface area (Å²) in [5.41, 5.74) is 3.77. The summed E-state index contributed by atoms with van der Waals surface area (Å²) in [5.74, 6) is 1.89. The largest absolute Gasteiger partial charge is 0.496 e. The van der Waals surface area contributed by atoms with E-state index in [1.807, 2.05) is 49.4 Å². The van der Waals surface area contributed by atoms with Crippen LogP contribution in [0.25, 0.3) is 22.3 Å². The second-order valence-electron chi connectivity index (χ2n) is 10.2. The molecule has 0 aliphatic carbocycles. The van der Waals surface area contributed by atoms with Gasteiger partial charge in [-0.05, 0) is 65.9 Å². The average molecular weight is 555 g/mol. The summed E-state index contributed by atoms with van der Waals surface area (Å²) in [6.45, 7) is 8.31. The predicted molar refractivity (Wildman–Crippen MR) is 159 cm³/mol. The molecule has 5 rings (SSSR count). The van der Waals surface area contributed by atoms with Crippen molar-refractivity contribution in [2.45, 2.75) is 26.7 Å². The minimum absolute atomic E-state index is 0.0618. The zero-order valence-electron chi connectivity index (χ0n) is 23.8. The Labute approximate surface area is 239 Å². The molecule has 9 heteroatoms. The van der Waals surface area contributed by atoms with Crippen LogP contribution in [0.4, 0.5) is 0 Å². The van der Waals surface area contributed by atoms with E-state index in [4.69, 9.17) is 19.2 Å². The standard InChI is InChI=1S/C32H34N4O5/c1-21(2)26-18-27(22(3)16-29(26)39-4)31-34-28-11-6-5-10-25(28)32(38)36(31)33-19-23-8-7-9-24(17-23)41-20-30(37)35-12-14-40-15-13-35/h5-11,16-19,21H,12-15,20H2,1-4H3. The topological polar surface area (TPSA) is 95.2 Å². The third kappa shape index (κ3) is 6.15. The van der Waals surface area contributed by atoms with Crippen molar-refractivity contribution in [3.05, 3.63) is 87.7 Å². The van der Waals surface area contributed by atoms with E-state index in [1.165, 1.54) is 4.68 Å². The van der Waals surface area contributed by atoms with Crippen molar-refractivity contribution >= 4 is 23.0 Å². The van der Waals surface area contributed by atoms with Crippen molar-refractivity contribution in [1.29, 1.82) is 0 Å². The summed E-state index contributed by atoms with van der Waals surface area (Å²) in [7, 11) is 1.66. The van der Waals surface area contributed by atoms with E-state index in [2.05, 4.69) is 18.9 Å². The van der Waals surface area contributed by atoms with Gasteiger partial charge in [-0.2, -0.15) is 9.78 Å². The number of nitrogens with zero attached hydrogens (tertiary/aromatic N) is 4. The van der Waals surface area contributed by atoms with Gasteiger partial charge in [0.15, 0.2) is 12.4 Å². The van der Waals surface area contributed by atoms with Gasteiger partial charge in [-0.3, -0.25) is 9.59 Å². The number of amides is 1. The van der Waals surface area contributed by atoms with E-state index in [0.29, 0.717) is 54.3 Å². The molecule has 0 bridgehead atoms. The van der Waals surface area contributed by atoms with Crippen molar-refractivity contribution in [2.24, 2.45) is 5.10 Å². The number of hydrogen-bond acceptors (Lipinski definition) is 7. The lowest BCUT2D eigenvalue weighted by Crippen LogP contribution is -2.42. The molecule has 1 aliphatic heterocycles. The van der Waals surface area contributed by atoms with Crippen LogP contribution in [0.3, 0.4) is 0 Å². The van der Waals surface area contributed by atoms with Gasteiger partial charge >= 0.3 is 0 Å². The fraction of sp³-hybridized carbons (Fsp3) is 0.312. The third-order valence-electron chi connectivity index (χ3n) is 7.10. The number of hydrogen-bond donors (Lipinski definition) is 0. The molecule has 41 heavy (non-hydrogen) atoms. The number of ether oxygens (including phenoxy) is 3. The van der Waals surface area contributed by atoms with Crippen molar-refractivity contribution in [1.82, 2.24) is 14.6 Å². The summed E-state index contributed by atoms with van der Waals surface area (Å²) in [5, 5.41) is 5.09. The Hall–Kier alpha value is -4.50. The number of aromatic nitrogens is 2. The molecule has 1 amide bonds. The molecule has 0 radical (unpaired) electrons. The highest BCUT2D eigenvalue weighted by Crippen LogP contribution is 2.34. The molecule has 0 saturated carbocycles. The van der Waals surface area contributed by atoms with E-state index >= 15 is 0 Å². The second-order valence-corrected chi connectivity index (χ2v) is 10.2. The zero-order valence-corrected chi connectivity index (χ0v) is 23.8. The van der Waals surface area contributed by atoms with Crippen molar-refractivity contribution in [2.75, 3.05) is 40.0 Å². The van der Waals surface area contributed by atoms with Gasteiger partial charge in [-0.1, -0.05) is 38.1 Å². The Kier molecular flexibility index (Phi) is 8.45. The molecule has 0 N–H and O–H groups in total. The Morgan fingerprint density at radius 2 is 1.88 bits per heavy atom. The van der Waals surface area contributed by atoms with E-state index < -0.39 is 0 Å². The summed E-state index contributed by atoms with van der Waals surface area (Å²) < 4.78 is 18.1. The first-order valence-corrected chi connectivity index (χ1v) is 13.7. The quantitative estimate of drug-likeness (QED) is 0.295. The van der Waals surface area contributed by atoms with Crippen LogP contribution in [0.15, 0.2) is 70.6 Å². The van der Waals surface area contributed by atoms with Gasteiger partial charge in [0.1, 0.15) is 11.5 Å².